The van der Waals surface area contributed by atoms with Crippen molar-refractivity contribution in [2.75, 3.05) is 20.1 Å². The van der Waals surface area contributed by atoms with E-state index >= 15 is 0 Å². The van der Waals surface area contributed by atoms with E-state index < -0.39 is 0 Å². The van der Waals surface area contributed by atoms with Gasteiger partial charge in [0.25, 0.3) is 0 Å². The van der Waals surface area contributed by atoms with E-state index in [0.29, 0.717) is 5.92 Å². The van der Waals surface area contributed by atoms with Crippen LogP contribution in [-0.2, 0) is 6.54 Å². The predicted octanol–water partition coefficient (Wildman–Crippen LogP) is 5.24. The second-order valence-corrected chi connectivity index (χ2v) is 8.26. The maximum Gasteiger partial charge on any atom is 0.0813 e. The Morgan fingerprint density at radius 3 is 2.20 bits per heavy atom. The lowest BCUT2D eigenvalue weighted by Crippen LogP contribution is -2.43. The Morgan fingerprint density at radius 2 is 1.50 bits per heavy atom. The fraction of sp³-hybridized carbons (Fsp3) is 0.222. The molecule has 30 heavy (non-hydrogen) atoms. The number of hydrazone groups is 1. The third-order valence-corrected chi connectivity index (χ3v) is 6.11. The number of hydrogen-bond acceptors (Lipinski definition) is 3. The molecule has 0 amide bonds. The van der Waals surface area contributed by atoms with E-state index in [4.69, 9.17) is 5.10 Å². The lowest BCUT2D eigenvalue weighted by molar-refractivity contribution is 0.190. The van der Waals surface area contributed by atoms with Crippen molar-refractivity contribution < 1.29 is 0 Å². The third-order valence-electron chi connectivity index (χ3n) is 6.11. The minimum atomic E-state index is 0.277. The van der Waals surface area contributed by atoms with Crippen molar-refractivity contribution in [3.8, 4) is 0 Å². The second kappa shape index (κ2) is 8.29. The molecule has 3 aromatic rings. The van der Waals surface area contributed by atoms with E-state index in [-0.39, 0.29) is 6.04 Å². The zero-order valence-corrected chi connectivity index (χ0v) is 17.4. The van der Waals surface area contributed by atoms with Gasteiger partial charge in [0.2, 0.25) is 0 Å². The monoisotopic (exact) mass is 393 g/mol. The topological polar surface area (TPSA) is 18.8 Å². The van der Waals surface area contributed by atoms with Crippen LogP contribution >= 0.6 is 0 Å². The van der Waals surface area contributed by atoms with Crippen LogP contribution in [0.1, 0.15) is 22.7 Å². The van der Waals surface area contributed by atoms with Crippen LogP contribution < -0.4 is 0 Å². The number of hydrogen-bond donors (Lipinski definition) is 0. The first-order chi connectivity index (χ1) is 14.8. The van der Waals surface area contributed by atoms with Gasteiger partial charge in [-0.15, -0.1) is 0 Å². The molecule has 3 aromatic carbocycles. The molecule has 0 spiro atoms. The highest BCUT2D eigenvalue weighted by molar-refractivity contribution is 6.07. The smallest absolute Gasteiger partial charge is 0.0813 e. The van der Waals surface area contributed by atoms with Crippen molar-refractivity contribution in [1.29, 1.82) is 0 Å². The van der Waals surface area contributed by atoms with Crippen LogP contribution in [-0.4, -0.2) is 35.8 Å². The highest BCUT2D eigenvalue weighted by atomic mass is 15.5. The Bertz CT molecular complexity index is 1040. The molecule has 1 saturated heterocycles. The average Bonchev–Trinajstić information content (AvgIpc) is 3.12. The summed E-state index contributed by atoms with van der Waals surface area (Å²) >= 11 is 0. The van der Waals surface area contributed by atoms with Crippen molar-refractivity contribution in [2.24, 2.45) is 11.0 Å². The molecule has 3 nitrogen and oxygen atoms in total. The first kappa shape index (κ1) is 18.8. The van der Waals surface area contributed by atoms with E-state index in [1.807, 2.05) is 0 Å². The molecule has 2 heterocycles. The molecule has 3 heteroatoms. The molecular formula is C27H27N3. The van der Waals surface area contributed by atoms with Gasteiger partial charge in [-0.05, 0) is 28.3 Å². The highest BCUT2D eigenvalue weighted by Gasteiger charge is 2.42. The molecule has 150 valence electrons. The van der Waals surface area contributed by atoms with Crippen LogP contribution in [0.2, 0.25) is 0 Å². The van der Waals surface area contributed by atoms with Gasteiger partial charge in [0.1, 0.15) is 0 Å². The fourth-order valence-electron chi connectivity index (χ4n) is 4.80. The van der Waals surface area contributed by atoms with Gasteiger partial charge in [0.05, 0.1) is 11.8 Å². The van der Waals surface area contributed by atoms with Crippen LogP contribution in [0.25, 0.3) is 6.08 Å². The van der Waals surface area contributed by atoms with E-state index in [2.05, 4.69) is 114 Å². The van der Waals surface area contributed by atoms with Crippen molar-refractivity contribution >= 4 is 11.8 Å². The Balaban J connectivity index is 1.51. The van der Waals surface area contributed by atoms with Crippen molar-refractivity contribution in [2.45, 2.75) is 12.6 Å². The summed E-state index contributed by atoms with van der Waals surface area (Å²) in [6, 6.07) is 32.5. The molecular weight excluding hydrogens is 366 g/mol. The molecule has 0 bridgehead atoms. The summed E-state index contributed by atoms with van der Waals surface area (Å²) in [5.74, 6) is 0.366. The Kier molecular flexibility index (Phi) is 5.20. The second-order valence-electron chi connectivity index (χ2n) is 8.26. The number of nitrogens with zero attached hydrogens (tertiary/aromatic N) is 3. The number of likely N-dealkylation sites (tertiary alicyclic amines) is 1. The van der Waals surface area contributed by atoms with Gasteiger partial charge >= 0.3 is 0 Å². The van der Waals surface area contributed by atoms with Gasteiger partial charge in [0.15, 0.2) is 0 Å². The van der Waals surface area contributed by atoms with Crippen molar-refractivity contribution in [1.82, 2.24) is 9.91 Å². The molecule has 0 N–H and O–H groups in total. The summed E-state index contributed by atoms with van der Waals surface area (Å²) in [5.41, 5.74) is 6.52. The summed E-state index contributed by atoms with van der Waals surface area (Å²) in [7, 11) is 2.12. The molecule has 0 aromatic heterocycles. The van der Waals surface area contributed by atoms with Gasteiger partial charge in [-0.3, -0.25) is 9.91 Å². The zero-order chi connectivity index (χ0) is 20.3. The van der Waals surface area contributed by atoms with Gasteiger partial charge in [-0.2, -0.15) is 5.10 Å². The van der Waals surface area contributed by atoms with Crippen LogP contribution in [0.15, 0.2) is 102 Å². The number of benzene rings is 3. The molecule has 1 fully saturated rings. The maximum atomic E-state index is 5.04. The van der Waals surface area contributed by atoms with E-state index in [0.717, 1.165) is 19.6 Å². The summed E-state index contributed by atoms with van der Waals surface area (Å²) in [6.07, 6.45) is 2.32. The first-order valence-electron chi connectivity index (χ1n) is 10.7. The molecule has 0 aliphatic carbocycles. The Hall–Kier alpha value is -3.17. The van der Waals surface area contributed by atoms with E-state index in [1.54, 1.807) is 0 Å². The molecule has 0 unspecified atom stereocenters. The fourth-order valence-corrected chi connectivity index (χ4v) is 4.80. The predicted molar refractivity (Wildman–Crippen MR) is 124 cm³/mol. The summed E-state index contributed by atoms with van der Waals surface area (Å²) in [4.78, 5) is 2.57. The van der Waals surface area contributed by atoms with Crippen molar-refractivity contribution in [3.05, 3.63) is 113 Å². The number of rotatable bonds is 4. The normalized spacial score (nSPS) is 22.8. The van der Waals surface area contributed by atoms with E-state index in [1.165, 1.54) is 28.0 Å². The van der Waals surface area contributed by atoms with Gasteiger partial charge in [-0.1, -0.05) is 91.0 Å². The number of fused-ring (bicyclic) bond motifs is 1. The van der Waals surface area contributed by atoms with Crippen LogP contribution in [0, 0.1) is 5.92 Å². The largest absolute Gasteiger partial charge is 0.294 e. The van der Waals surface area contributed by atoms with Crippen molar-refractivity contribution in [3.63, 3.8) is 0 Å². The zero-order valence-electron chi connectivity index (χ0n) is 17.4. The summed E-state index contributed by atoms with van der Waals surface area (Å²) in [5, 5.41) is 7.21. The lowest BCUT2D eigenvalue weighted by Gasteiger charge is -2.36. The molecule has 2 atom stereocenters. The highest BCUT2D eigenvalue weighted by Crippen LogP contribution is 2.40. The first-order valence-corrected chi connectivity index (χ1v) is 10.7. The van der Waals surface area contributed by atoms with Gasteiger partial charge in [0, 0.05) is 32.6 Å². The molecule has 2 aliphatic heterocycles. The standard InChI is InChI=1S/C27H27N3/c1-29-27(23-15-9-4-10-16-23)25-20-30(18-22-13-7-3-8-14-22)19-24(26(25)28-29)17-21-11-5-2-6-12-21/h2-17,25,27H,18-20H2,1H3/b24-17+/t25-,27-/m0/s1. The molecule has 2 aliphatic rings. The van der Waals surface area contributed by atoms with Gasteiger partial charge in [-0.25, -0.2) is 0 Å². The van der Waals surface area contributed by atoms with E-state index in [9.17, 15) is 0 Å². The minimum Gasteiger partial charge on any atom is -0.294 e. The minimum absolute atomic E-state index is 0.277. The quantitative estimate of drug-likeness (QED) is 0.603. The van der Waals surface area contributed by atoms with Crippen LogP contribution in [0.5, 0.6) is 0 Å². The van der Waals surface area contributed by atoms with Gasteiger partial charge < -0.3 is 0 Å². The molecule has 5 rings (SSSR count). The lowest BCUT2D eigenvalue weighted by atomic mass is 9.83. The average molecular weight is 394 g/mol. The van der Waals surface area contributed by atoms with Crippen LogP contribution in [0.3, 0.4) is 0 Å². The molecule has 0 radical (unpaired) electrons. The molecule has 0 saturated carbocycles. The summed E-state index contributed by atoms with van der Waals surface area (Å²) < 4.78 is 0. The SMILES string of the molecule is CN1N=C2/C(=C/c3ccccc3)CN(Cc3ccccc3)C[C@@H]2[C@@H]1c1ccccc1. The Morgan fingerprint density at radius 1 is 0.867 bits per heavy atom. The van der Waals surface area contributed by atoms with Crippen LogP contribution in [0.4, 0.5) is 0 Å². The number of piperidine rings is 1. The summed E-state index contributed by atoms with van der Waals surface area (Å²) in [6.45, 7) is 2.90. The maximum absolute atomic E-state index is 5.04. The third kappa shape index (κ3) is 3.81. The Labute approximate surface area is 179 Å².